The van der Waals surface area contributed by atoms with Crippen molar-refractivity contribution in [3.63, 3.8) is 0 Å². The number of nitrogens with zero attached hydrogens (tertiary/aromatic N) is 1. The standard InChI is InChI=1S/C9H11FN2/c10-7-5-12(6-7)9-3-1-2-8(11)4-9/h1-4,7H,5-6,11H2. The fourth-order valence-electron chi connectivity index (χ4n) is 1.36. The van der Waals surface area contributed by atoms with Gasteiger partial charge in [-0.25, -0.2) is 4.39 Å². The molecule has 0 aromatic heterocycles. The predicted molar refractivity (Wildman–Crippen MR) is 48.0 cm³/mol. The van der Waals surface area contributed by atoms with E-state index in [9.17, 15) is 4.39 Å². The Bertz CT molecular complexity index is 282. The molecule has 12 heavy (non-hydrogen) atoms. The molecule has 3 heteroatoms. The molecule has 0 amide bonds. The molecule has 1 aromatic carbocycles. The lowest BCUT2D eigenvalue weighted by Crippen LogP contribution is -2.48. The third-order valence-electron chi connectivity index (χ3n) is 2.07. The second-order valence-corrected chi connectivity index (χ2v) is 3.10. The summed E-state index contributed by atoms with van der Waals surface area (Å²) < 4.78 is 12.5. The molecule has 2 nitrogen and oxygen atoms in total. The van der Waals surface area contributed by atoms with Gasteiger partial charge in [0.1, 0.15) is 6.17 Å². The minimum atomic E-state index is -0.661. The minimum absolute atomic E-state index is 0.503. The lowest BCUT2D eigenvalue weighted by Gasteiger charge is -2.36. The van der Waals surface area contributed by atoms with E-state index in [0.717, 1.165) is 11.4 Å². The van der Waals surface area contributed by atoms with Crippen molar-refractivity contribution in [2.45, 2.75) is 6.17 Å². The highest BCUT2D eigenvalue weighted by molar-refractivity contribution is 5.57. The zero-order valence-corrected chi connectivity index (χ0v) is 6.70. The number of halogens is 1. The highest BCUT2D eigenvalue weighted by Crippen LogP contribution is 2.23. The quantitative estimate of drug-likeness (QED) is 0.639. The number of hydrogen-bond acceptors (Lipinski definition) is 2. The van der Waals surface area contributed by atoms with Crippen molar-refractivity contribution in [1.29, 1.82) is 0 Å². The first-order valence-corrected chi connectivity index (χ1v) is 4.00. The zero-order valence-electron chi connectivity index (χ0n) is 6.70. The van der Waals surface area contributed by atoms with Gasteiger partial charge in [0.25, 0.3) is 0 Å². The van der Waals surface area contributed by atoms with Crippen molar-refractivity contribution in [2.24, 2.45) is 0 Å². The third kappa shape index (κ3) is 1.22. The number of benzene rings is 1. The SMILES string of the molecule is Nc1cccc(N2CC(F)C2)c1. The Morgan fingerprint density at radius 1 is 1.42 bits per heavy atom. The van der Waals surface area contributed by atoms with Crippen molar-refractivity contribution in [3.8, 4) is 0 Å². The molecular formula is C9H11FN2. The van der Waals surface area contributed by atoms with Crippen LogP contribution in [0.25, 0.3) is 0 Å². The Labute approximate surface area is 70.8 Å². The topological polar surface area (TPSA) is 29.3 Å². The lowest BCUT2D eigenvalue weighted by atomic mass is 10.1. The maximum absolute atomic E-state index is 12.5. The molecule has 2 N–H and O–H groups in total. The van der Waals surface area contributed by atoms with Crippen LogP contribution in [0.1, 0.15) is 0 Å². The van der Waals surface area contributed by atoms with Crippen LogP contribution in [0.15, 0.2) is 24.3 Å². The van der Waals surface area contributed by atoms with Gasteiger partial charge in [-0.3, -0.25) is 0 Å². The summed E-state index contributed by atoms with van der Waals surface area (Å²) in [6.45, 7) is 1.01. The molecular weight excluding hydrogens is 155 g/mol. The minimum Gasteiger partial charge on any atom is -0.399 e. The van der Waals surface area contributed by atoms with Crippen LogP contribution in [0.4, 0.5) is 15.8 Å². The van der Waals surface area contributed by atoms with Crippen LogP contribution in [-0.2, 0) is 0 Å². The molecule has 0 saturated carbocycles. The fraction of sp³-hybridized carbons (Fsp3) is 0.333. The Kier molecular flexibility index (Phi) is 1.64. The van der Waals surface area contributed by atoms with Gasteiger partial charge in [0.15, 0.2) is 0 Å². The van der Waals surface area contributed by atoms with Crippen LogP contribution in [0.2, 0.25) is 0 Å². The summed E-state index contributed by atoms with van der Waals surface area (Å²) in [5.41, 5.74) is 7.34. The Balaban J connectivity index is 2.13. The summed E-state index contributed by atoms with van der Waals surface area (Å²) in [5.74, 6) is 0. The first kappa shape index (κ1) is 7.40. The van der Waals surface area contributed by atoms with E-state index in [0.29, 0.717) is 13.1 Å². The number of alkyl halides is 1. The van der Waals surface area contributed by atoms with Crippen LogP contribution >= 0.6 is 0 Å². The highest BCUT2D eigenvalue weighted by atomic mass is 19.1. The maximum Gasteiger partial charge on any atom is 0.135 e. The Morgan fingerprint density at radius 2 is 2.17 bits per heavy atom. The molecule has 64 valence electrons. The molecule has 0 spiro atoms. The largest absolute Gasteiger partial charge is 0.399 e. The van der Waals surface area contributed by atoms with Crippen LogP contribution in [-0.4, -0.2) is 19.3 Å². The molecule has 0 unspecified atom stereocenters. The van der Waals surface area contributed by atoms with Gasteiger partial charge in [0, 0.05) is 11.4 Å². The van der Waals surface area contributed by atoms with Gasteiger partial charge in [-0.2, -0.15) is 0 Å². The number of rotatable bonds is 1. The molecule has 2 rings (SSSR count). The van der Waals surface area contributed by atoms with Crippen LogP contribution in [0.5, 0.6) is 0 Å². The van der Waals surface area contributed by atoms with E-state index in [4.69, 9.17) is 5.73 Å². The second-order valence-electron chi connectivity index (χ2n) is 3.10. The molecule has 1 fully saturated rings. The van der Waals surface area contributed by atoms with Gasteiger partial charge < -0.3 is 10.6 Å². The molecule has 1 aliphatic rings. The van der Waals surface area contributed by atoms with Gasteiger partial charge >= 0.3 is 0 Å². The first-order chi connectivity index (χ1) is 5.75. The molecule has 0 bridgehead atoms. The number of anilines is 2. The summed E-state index contributed by atoms with van der Waals surface area (Å²) in [4.78, 5) is 1.97. The predicted octanol–water partition coefficient (Wildman–Crippen LogP) is 1.43. The molecule has 1 saturated heterocycles. The van der Waals surface area contributed by atoms with Crippen LogP contribution in [0.3, 0.4) is 0 Å². The molecule has 1 aromatic rings. The summed E-state index contributed by atoms with van der Waals surface area (Å²) in [5, 5.41) is 0. The van der Waals surface area contributed by atoms with Crippen molar-refractivity contribution in [3.05, 3.63) is 24.3 Å². The molecule has 0 atom stereocenters. The summed E-state index contributed by atoms with van der Waals surface area (Å²) in [6, 6.07) is 7.53. The normalized spacial score (nSPS) is 17.6. The number of hydrogen-bond donors (Lipinski definition) is 1. The average molecular weight is 166 g/mol. The Morgan fingerprint density at radius 3 is 2.75 bits per heavy atom. The first-order valence-electron chi connectivity index (χ1n) is 4.00. The average Bonchev–Trinajstić information content (AvgIpc) is 1.99. The second kappa shape index (κ2) is 2.66. The van der Waals surface area contributed by atoms with Gasteiger partial charge in [-0.15, -0.1) is 0 Å². The van der Waals surface area contributed by atoms with Crippen molar-refractivity contribution >= 4 is 11.4 Å². The van der Waals surface area contributed by atoms with E-state index in [2.05, 4.69) is 0 Å². The van der Waals surface area contributed by atoms with Gasteiger partial charge in [-0.05, 0) is 18.2 Å². The van der Waals surface area contributed by atoms with Crippen molar-refractivity contribution in [2.75, 3.05) is 23.7 Å². The number of nitrogen functional groups attached to an aromatic ring is 1. The monoisotopic (exact) mass is 166 g/mol. The summed E-state index contributed by atoms with van der Waals surface area (Å²) in [6.07, 6.45) is -0.661. The van der Waals surface area contributed by atoms with E-state index >= 15 is 0 Å². The molecule has 0 aliphatic carbocycles. The van der Waals surface area contributed by atoms with Gasteiger partial charge in [0.05, 0.1) is 13.1 Å². The molecule has 1 aliphatic heterocycles. The Hall–Kier alpha value is -1.25. The third-order valence-corrected chi connectivity index (χ3v) is 2.07. The molecule has 0 radical (unpaired) electrons. The van der Waals surface area contributed by atoms with E-state index in [1.807, 2.05) is 29.2 Å². The summed E-state index contributed by atoms with van der Waals surface area (Å²) in [7, 11) is 0. The fourth-order valence-corrected chi connectivity index (χ4v) is 1.36. The lowest BCUT2D eigenvalue weighted by molar-refractivity contribution is 0.275. The van der Waals surface area contributed by atoms with Crippen LogP contribution < -0.4 is 10.6 Å². The molecule has 1 heterocycles. The maximum atomic E-state index is 12.5. The van der Waals surface area contributed by atoms with E-state index < -0.39 is 6.17 Å². The zero-order chi connectivity index (χ0) is 8.55. The highest BCUT2D eigenvalue weighted by Gasteiger charge is 2.25. The van der Waals surface area contributed by atoms with Gasteiger partial charge in [-0.1, -0.05) is 6.07 Å². The van der Waals surface area contributed by atoms with Gasteiger partial charge in [0.2, 0.25) is 0 Å². The van der Waals surface area contributed by atoms with Crippen molar-refractivity contribution < 1.29 is 4.39 Å². The van der Waals surface area contributed by atoms with E-state index in [1.165, 1.54) is 0 Å². The van der Waals surface area contributed by atoms with Crippen LogP contribution in [0, 0.1) is 0 Å². The number of nitrogens with two attached hydrogens (primary N) is 1. The smallest absolute Gasteiger partial charge is 0.135 e. The summed E-state index contributed by atoms with van der Waals surface area (Å²) >= 11 is 0. The van der Waals surface area contributed by atoms with E-state index in [1.54, 1.807) is 0 Å². The van der Waals surface area contributed by atoms with E-state index in [-0.39, 0.29) is 0 Å². The van der Waals surface area contributed by atoms with Crippen molar-refractivity contribution in [1.82, 2.24) is 0 Å².